The zero-order chi connectivity index (χ0) is 27.2. The first-order valence-electron chi connectivity index (χ1n) is 13.0. The lowest BCUT2D eigenvalue weighted by Gasteiger charge is -2.28. The molecular weight excluding hydrogens is 482 g/mol. The van der Waals surface area contributed by atoms with Crippen molar-refractivity contribution >= 4 is 23.2 Å². The highest BCUT2D eigenvalue weighted by Gasteiger charge is 2.32. The van der Waals surface area contributed by atoms with Gasteiger partial charge in [0.25, 0.3) is 0 Å². The van der Waals surface area contributed by atoms with Crippen molar-refractivity contribution in [2.24, 2.45) is 4.99 Å². The number of aromatic nitrogens is 2. The number of morpholine rings is 1. The molecule has 3 heterocycles. The third-order valence-corrected chi connectivity index (χ3v) is 6.51. The lowest BCUT2D eigenvalue weighted by atomic mass is 10.0. The fourth-order valence-electron chi connectivity index (χ4n) is 4.60. The van der Waals surface area contributed by atoms with E-state index in [4.69, 9.17) is 19.3 Å². The normalized spacial score (nSPS) is 14.0. The van der Waals surface area contributed by atoms with Gasteiger partial charge in [-0.15, -0.1) is 5.10 Å². The van der Waals surface area contributed by atoms with E-state index in [1.165, 1.54) is 0 Å². The smallest absolute Gasteiger partial charge is 0.341 e. The van der Waals surface area contributed by atoms with E-state index in [2.05, 4.69) is 29.5 Å². The van der Waals surface area contributed by atoms with E-state index in [1.807, 2.05) is 48.9 Å². The molecule has 3 aromatic rings. The van der Waals surface area contributed by atoms with E-state index in [9.17, 15) is 4.79 Å². The molecule has 1 aliphatic rings. The Morgan fingerprint density at radius 1 is 1.16 bits per heavy atom. The molecule has 0 spiro atoms. The highest BCUT2D eigenvalue weighted by atomic mass is 16.5. The lowest BCUT2D eigenvalue weighted by Crippen LogP contribution is -2.37. The Morgan fingerprint density at radius 2 is 1.87 bits per heavy atom. The summed E-state index contributed by atoms with van der Waals surface area (Å²) in [5.41, 5.74) is 4.34. The Kier molecular flexibility index (Phi) is 8.68. The van der Waals surface area contributed by atoms with Crippen LogP contribution in [0.15, 0.2) is 53.8 Å². The Hall–Kier alpha value is -3.85. The van der Waals surface area contributed by atoms with Crippen LogP contribution in [-0.2, 0) is 20.6 Å². The summed E-state index contributed by atoms with van der Waals surface area (Å²) in [6.07, 6.45) is 1.48. The van der Waals surface area contributed by atoms with Gasteiger partial charge < -0.3 is 24.0 Å². The highest BCUT2D eigenvalue weighted by molar-refractivity contribution is 6.13. The van der Waals surface area contributed by atoms with Gasteiger partial charge in [0.1, 0.15) is 17.2 Å². The standard InChI is InChI=1S/C29H37N5O4/c1-7-12-23-25(28(36-6)30-20(3)32(4)5)26(29(35)38-8-2)27-22(21-13-10-9-11-14-21)19-24(31-34(23)27)33-15-17-37-18-16-33/h9-11,13-14,19H,3,7-8,12,15-18H2,1-2,4-6H3/b30-28-. The molecule has 9 heteroatoms. The number of nitrogens with zero attached hydrogens (tertiary/aromatic N) is 5. The van der Waals surface area contributed by atoms with Crippen LogP contribution in [0.5, 0.6) is 0 Å². The van der Waals surface area contributed by atoms with E-state index in [-0.39, 0.29) is 6.61 Å². The van der Waals surface area contributed by atoms with E-state index < -0.39 is 5.97 Å². The predicted octanol–water partition coefficient (Wildman–Crippen LogP) is 4.39. The molecule has 2 aromatic heterocycles. The van der Waals surface area contributed by atoms with E-state index in [0.29, 0.717) is 48.0 Å². The second-order valence-corrected chi connectivity index (χ2v) is 9.24. The summed E-state index contributed by atoms with van der Waals surface area (Å²) in [5.74, 6) is 1.18. The summed E-state index contributed by atoms with van der Waals surface area (Å²) in [4.78, 5) is 22.4. The van der Waals surface area contributed by atoms with Crippen molar-refractivity contribution in [1.29, 1.82) is 0 Å². The molecule has 1 saturated heterocycles. The fourth-order valence-corrected chi connectivity index (χ4v) is 4.60. The van der Waals surface area contributed by atoms with Crippen molar-refractivity contribution in [2.75, 3.05) is 59.0 Å². The second-order valence-electron chi connectivity index (χ2n) is 9.24. The van der Waals surface area contributed by atoms with Crippen LogP contribution in [0, 0.1) is 0 Å². The van der Waals surface area contributed by atoms with Gasteiger partial charge in [0.15, 0.2) is 0 Å². The van der Waals surface area contributed by atoms with Crippen molar-refractivity contribution in [3.63, 3.8) is 0 Å². The Balaban J connectivity index is 2.14. The zero-order valence-electron chi connectivity index (χ0n) is 23.0. The van der Waals surface area contributed by atoms with Crippen LogP contribution in [-0.4, -0.2) is 80.5 Å². The summed E-state index contributed by atoms with van der Waals surface area (Å²) >= 11 is 0. The highest BCUT2D eigenvalue weighted by Crippen LogP contribution is 2.36. The summed E-state index contributed by atoms with van der Waals surface area (Å²) in [7, 11) is 5.27. The minimum atomic E-state index is -0.444. The fraction of sp³-hybridized carbons (Fsp3) is 0.414. The number of hydrogen-bond acceptors (Lipinski definition) is 8. The van der Waals surface area contributed by atoms with Crippen LogP contribution >= 0.6 is 0 Å². The Morgan fingerprint density at radius 3 is 2.47 bits per heavy atom. The van der Waals surface area contributed by atoms with Gasteiger partial charge in [-0.2, -0.15) is 4.99 Å². The number of benzene rings is 1. The number of ether oxygens (including phenoxy) is 3. The molecule has 0 unspecified atom stereocenters. The molecule has 0 amide bonds. The summed E-state index contributed by atoms with van der Waals surface area (Å²) < 4.78 is 18.9. The number of aryl methyl sites for hydroxylation is 1. The topological polar surface area (TPSA) is 80.9 Å². The maximum absolute atomic E-state index is 13.7. The predicted molar refractivity (Wildman–Crippen MR) is 150 cm³/mol. The van der Waals surface area contributed by atoms with Crippen molar-refractivity contribution < 1.29 is 19.0 Å². The molecule has 0 saturated carbocycles. The van der Waals surface area contributed by atoms with Crippen LogP contribution < -0.4 is 4.90 Å². The van der Waals surface area contributed by atoms with E-state index in [0.717, 1.165) is 42.1 Å². The molecule has 0 radical (unpaired) electrons. The first-order chi connectivity index (χ1) is 18.4. The number of carbonyl (C=O) groups is 1. The van der Waals surface area contributed by atoms with Gasteiger partial charge in [0, 0.05) is 32.7 Å². The number of carbonyl (C=O) groups excluding carboxylic acids is 1. The van der Waals surface area contributed by atoms with Crippen molar-refractivity contribution in [2.45, 2.75) is 26.7 Å². The van der Waals surface area contributed by atoms with Gasteiger partial charge in [-0.25, -0.2) is 9.31 Å². The monoisotopic (exact) mass is 519 g/mol. The van der Waals surface area contributed by atoms with Crippen LogP contribution in [0.2, 0.25) is 0 Å². The van der Waals surface area contributed by atoms with Crippen molar-refractivity contribution in [3.05, 3.63) is 65.6 Å². The minimum Gasteiger partial charge on any atom is -0.480 e. The molecule has 4 rings (SSSR count). The summed E-state index contributed by atoms with van der Waals surface area (Å²) in [6, 6.07) is 12.1. The summed E-state index contributed by atoms with van der Waals surface area (Å²) in [6.45, 7) is 10.9. The molecule has 0 N–H and O–H groups in total. The Labute approximate surface area is 224 Å². The number of rotatable bonds is 9. The third-order valence-electron chi connectivity index (χ3n) is 6.51. The average Bonchev–Trinajstić information content (AvgIpc) is 3.26. The quantitative estimate of drug-likeness (QED) is 0.236. The number of anilines is 1. The van der Waals surface area contributed by atoms with Gasteiger partial charge in [0.05, 0.1) is 43.7 Å². The van der Waals surface area contributed by atoms with Crippen LogP contribution in [0.1, 0.15) is 41.9 Å². The van der Waals surface area contributed by atoms with Crippen LogP contribution in [0.25, 0.3) is 16.6 Å². The molecular formula is C29H37N5O4. The molecule has 38 heavy (non-hydrogen) atoms. The molecule has 0 bridgehead atoms. The SMILES string of the molecule is C=C(/N=C(\OC)c1c(C(=O)OCC)c2c(-c3ccccc3)cc(N3CCOCC3)nn2c1CCC)N(C)C. The largest absolute Gasteiger partial charge is 0.480 e. The number of methoxy groups -OCH3 is 1. The maximum atomic E-state index is 13.7. The molecule has 0 aliphatic carbocycles. The second kappa shape index (κ2) is 12.1. The first kappa shape index (κ1) is 27.2. The Bertz CT molecular complexity index is 1320. The third kappa shape index (κ3) is 5.38. The lowest BCUT2D eigenvalue weighted by molar-refractivity contribution is 0.0528. The molecule has 1 aliphatic heterocycles. The van der Waals surface area contributed by atoms with Gasteiger partial charge in [0.2, 0.25) is 5.90 Å². The average molecular weight is 520 g/mol. The van der Waals surface area contributed by atoms with Gasteiger partial charge in [-0.3, -0.25) is 0 Å². The minimum absolute atomic E-state index is 0.239. The number of fused-ring (bicyclic) bond motifs is 1. The summed E-state index contributed by atoms with van der Waals surface area (Å²) in [5, 5.41) is 5.09. The van der Waals surface area contributed by atoms with Gasteiger partial charge in [-0.05, 0) is 25.0 Å². The number of hydrogen-bond donors (Lipinski definition) is 0. The van der Waals surface area contributed by atoms with Gasteiger partial charge >= 0.3 is 5.97 Å². The van der Waals surface area contributed by atoms with Gasteiger partial charge in [-0.1, -0.05) is 50.3 Å². The maximum Gasteiger partial charge on any atom is 0.341 e. The molecule has 1 aromatic carbocycles. The molecule has 1 fully saturated rings. The first-order valence-corrected chi connectivity index (χ1v) is 13.0. The van der Waals surface area contributed by atoms with Crippen molar-refractivity contribution in [3.8, 4) is 11.1 Å². The molecule has 0 atom stereocenters. The molecule has 202 valence electrons. The van der Waals surface area contributed by atoms with Crippen molar-refractivity contribution in [1.82, 2.24) is 14.5 Å². The van der Waals surface area contributed by atoms with Crippen LogP contribution in [0.3, 0.4) is 0 Å². The van der Waals surface area contributed by atoms with Crippen LogP contribution in [0.4, 0.5) is 5.82 Å². The van der Waals surface area contributed by atoms with E-state index in [1.54, 1.807) is 18.9 Å². The molecule has 9 nitrogen and oxygen atoms in total. The number of esters is 1. The number of aliphatic imine (C=N–C) groups is 1. The van der Waals surface area contributed by atoms with E-state index >= 15 is 0 Å². The zero-order valence-corrected chi connectivity index (χ0v) is 23.0.